The number of nitrogens with one attached hydrogen (secondary N) is 1. The topological polar surface area (TPSA) is 34.4 Å². The van der Waals surface area contributed by atoms with E-state index in [9.17, 15) is 0 Å². The number of furan rings is 1. The van der Waals surface area contributed by atoms with Gasteiger partial charge in [-0.1, -0.05) is 18.2 Å². The minimum Gasteiger partial charge on any atom is -0.491 e. The Kier molecular flexibility index (Phi) is 4.73. The highest BCUT2D eigenvalue weighted by Crippen LogP contribution is 2.35. The predicted molar refractivity (Wildman–Crippen MR) is 86.0 cm³/mol. The molecule has 114 valence electrons. The van der Waals surface area contributed by atoms with E-state index in [2.05, 4.69) is 18.3 Å². The SMILES string of the molecule is CNC(c1ccccc1OC(C)C)c1c(C)oc(C)c1C. The van der Waals surface area contributed by atoms with Crippen molar-refractivity contribution >= 4 is 0 Å². The van der Waals surface area contributed by atoms with Crippen molar-refractivity contribution in [3.05, 3.63) is 52.5 Å². The van der Waals surface area contributed by atoms with E-state index >= 15 is 0 Å². The molecule has 1 unspecified atom stereocenters. The van der Waals surface area contributed by atoms with E-state index < -0.39 is 0 Å². The van der Waals surface area contributed by atoms with Crippen LogP contribution in [-0.4, -0.2) is 13.2 Å². The van der Waals surface area contributed by atoms with Crippen LogP contribution in [0.4, 0.5) is 0 Å². The van der Waals surface area contributed by atoms with Crippen LogP contribution in [0.3, 0.4) is 0 Å². The monoisotopic (exact) mass is 287 g/mol. The van der Waals surface area contributed by atoms with E-state index in [1.807, 2.05) is 52.9 Å². The third-order valence-corrected chi connectivity index (χ3v) is 3.79. The number of para-hydroxylation sites is 1. The first-order valence-corrected chi connectivity index (χ1v) is 7.45. The Morgan fingerprint density at radius 2 is 1.71 bits per heavy atom. The van der Waals surface area contributed by atoms with E-state index in [4.69, 9.17) is 9.15 Å². The Labute approximate surface area is 127 Å². The van der Waals surface area contributed by atoms with Crippen LogP contribution in [-0.2, 0) is 0 Å². The maximum atomic E-state index is 5.97. The van der Waals surface area contributed by atoms with Crippen molar-refractivity contribution in [1.82, 2.24) is 5.32 Å². The van der Waals surface area contributed by atoms with Crippen molar-refractivity contribution in [3.8, 4) is 5.75 Å². The molecule has 0 saturated heterocycles. The van der Waals surface area contributed by atoms with E-state index in [1.54, 1.807) is 0 Å². The van der Waals surface area contributed by atoms with Gasteiger partial charge in [0.15, 0.2) is 0 Å². The molecule has 2 rings (SSSR count). The number of benzene rings is 1. The molecule has 0 aliphatic heterocycles. The van der Waals surface area contributed by atoms with Crippen LogP contribution < -0.4 is 10.1 Å². The number of hydrogen-bond donors (Lipinski definition) is 1. The van der Waals surface area contributed by atoms with Crippen molar-refractivity contribution in [3.63, 3.8) is 0 Å². The van der Waals surface area contributed by atoms with Gasteiger partial charge in [0.25, 0.3) is 0 Å². The molecule has 21 heavy (non-hydrogen) atoms. The smallest absolute Gasteiger partial charge is 0.124 e. The minimum absolute atomic E-state index is 0.0670. The Morgan fingerprint density at radius 1 is 1.05 bits per heavy atom. The summed E-state index contributed by atoms with van der Waals surface area (Å²) in [6.07, 6.45) is 0.150. The van der Waals surface area contributed by atoms with E-state index in [1.165, 1.54) is 11.1 Å². The van der Waals surface area contributed by atoms with Crippen LogP contribution in [0.5, 0.6) is 5.75 Å². The lowest BCUT2D eigenvalue weighted by molar-refractivity contribution is 0.238. The fraction of sp³-hybridized carbons (Fsp3) is 0.444. The van der Waals surface area contributed by atoms with Gasteiger partial charge in [-0.3, -0.25) is 0 Å². The number of aryl methyl sites for hydroxylation is 2. The minimum atomic E-state index is 0.0670. The number of hydrogen-bond acceptors (Lipinski definition) is 3. The summed E-state index contributed by atoms with van der Waals surface area (Å²) >= 11 is 0. The molecular formula is C18H25NO2. The Bertz CT molecular complexity index is 614. The van der Waals surface area contributed by atoms with Gasteiger partial charge in [0.1, 0.15) is 17.3 Å². The predicted octanol–water partition coefficient (Wildman–Crippen LogP) is 4.30. The molecule has 1 atom stereocenters. The fourth-order valence-electron chi connectivity index (χ4n) is 2.77. The van der Waals surface area contributed by atoms with E-state index in [0.717, 1.165) is 22.8 Å². The summed E-state index contributed by atoms with van der Waals surface area (Å²) in [5.74, 6) is 2.86. The molecule has 1 heterocycles. The normalized spacial score (nSPS) is 12.7. The zero-order valence-corrected chi connectivity index (χ0v) is 13.8. The molecule has 0 amide bonds. The summed E-state index contributed by atoms with van der Waals surface area (Å²) in [5, 5.41) is 3.40. The Hall–Kier alpha value is -1.74. The van der Waals surface area contributed by atoms with Gasteiger partial charge >= 0.3 is 0 Å². The highest BCUT2D eigenvalue weighted by Gasteiger charge is 2.24. The average molecular weight is 287 g/mol. The standard InChI is InChI=1S/C18H25NO2/c1-11(2)20-16-10-8-7-9-15(16)18(19-6)17-12(3)13(4)21-14(17)5/h7-11,18-19H,1-6H3. The maximum absolute atomic E-state index is 5.97. The molecule has 2 aromatic rings. The molecule has 1 aromatic heterocycles. The lowest BCUT2D eigenvalue weighted by Crippen LogP contribution is -2.20. The fourth-order valence-corrected chi connectivity index (χ4v) is 2.77. The van der Waals surface area contributed by atoms with Gasteiger partial charge in [0.05, 0.1) is 12.1 Å². The van der Waals surface area contributed by atoms with Gasteiger partial charge in [-0.2, -0.15) is 0 Å². The van der Waals surface area contributed by atoms with Crippen molar-refractivity contribution in [2.45, 2.75) is 46.8 Å². The van der Waals surface area contributed by atoms with Crippen LogP contribution in [0.25, 0.3) is 0 Å². The van der Waals surface area contributed by atoms with Crippen molar-refractivity contribution in [2.24, 2.45) is 0 Å². The molecule has 1 N–H and O–H groups in total. The third-order valence-electron chi connectivity index (χ3n) is 3.79. The quantitative estimate of drug-likeness (QED) is 0.890. The van der Waals surface area contributed by atoms with E-state index in [-0.39, 0.29) is 12.1 Å². The van der Waals surface area contributed by atoms with Crippen LogP contribution >= 0.6 is 0 Å². The van der Waals surface area contributed by atoms with Gasteiger partial charge < -0.3 is 14.5 Å². The third kappa shape index (κ3) is 3.13. The van der Waals surface area contributed by atoms with Gasteiger partial charge in [-0.05, 0) is 53.3 Å². The molecule has 0 fully saturated rings. The molecule has 0 aliphatic rings. The summed E-state index contributed by atoms with van der Waals surface area (Å²) in [5.41, 5.74) is 3.54. The highest BCUT2D eigenvalue weighted by molar-refractivity contribution is 5.46. The maximum Gasteiger partial charge on any atom is 0.124 e. The zero-order valence-electron chi connectivity index (χ0n) is 13.8. The summed E-state index contributed by atoms with van der Waals surface area (Å²) in [4.78, 5) is 0. The second-order valence-electron chi connectivity index (χ2n) is 5.68. The van der Waals surface area contributed by atoms with Gasteiger partial charge in [0.2, 0.25) is 0 Å². The highest BCUT2D eigenvalue weighted by atomic mass is 16.5. The van der Waals surface area contributed by atoms with Crippen molar-refractivity contribution < 1.29 is 9.15 Å². The van der Waals surface area contributed by atoms with Crippen molar-refractivity contribution in [1.29, 1.82) is 0 Å². The summed E-state index contributed by atoms with van der Waals surface area (Å²) in [6.45, 7) is 10.2. The van der Waals surface area contributed by atoms with Gasteiger partial charge in [-0.15, -0.1) is 0 Å². The summed E-state index contributed by atoms with van der Waals surface area (Å²) in [7, 11) is 1.97. The molecule has 0 radical (unpaired) electrons. The molecule has 0 bridgehead atoms. The molecule has 3 nitrogen and oxygen atoms in total. The lowest BCUT2D eigenvalue weighted by atomic mass is 9.95. The first-order chi connectivity index (χ1) is 9.95. The van der Waals surface area contributed by atoms with Gasteiger partial charge in [0, 0.05) is 11.1 Å². The summed E-state index contributed by atoms with van der Waals surface area (Å²) in [6, 6.07) is 8.26. The second-order valence-corrected chi connectivity index (χ2v) is 5.68. The molecule has 1 aromatic carbocycles. The van der Waals surface area contributed by atoms with Crippen LogP contribution in [0, 0.1) is 20.8 Å². The molecule has 3 heteroatoms. The number of rotatable bonds is 5. The van der Waals surface area contributed by atoms with Crippen molar-refractivity contribution in [2.75, 3.05) is 7.05 Å². The average Bonchev–Trinajstić information content (AvgIpc) is 2.67. The zero-order chi connectivity index (χ0) is 15.6. The van der Waals surface area contributed by atoms with Crippen LogP contribution in [0.15, 0.2) is 28.7 Å². The molecular weight excluding hydrogens is 262 g/mol. The Balaban J connectivity index is 2.52. The molecule has 0 spiro atoms. The summed E-state index contributed by atoms with van der Waals surface area (Å²) < 4.78 is 11.8. The largest absolute Gasteiger partial charge is 0.491 e. The first-order valence-electron chi connectivity index (χ1n) is 7.45. The van der Waals surface area contributed by atoms with Crippen LogP contribution in [0.1, 0.15) is 48.1 Å². The lowest BCUT2D eigenvalue weighted by Gasteiger charge is -2.22. The van der Waals surface area contributed by atoms with Crippen LogP contribution in [0.2, 0.25) is 0 Å². The first kappa shape index (κ1) is 15.6. The number of ether oxygens (including phenoxy) is 1. The second kappa shape index (κ2) is 6.35. The Morgan fingerprint density at radius 3 is 2.24 bits per heavy atom. The molecule has 0 aliphatic carbocycles. The van der Waals surface area contributed by atoms with Gasteiger partial charge in [-0.25, -0.2) is 0 Å². The van der Waals surface area contributed by atoms with E-state index in [0.29, 0.717) is 0 Å². The molecule has 0 saturated carbocycles.